The van der Waals surface area contributed by atoms with Crippen molar-refractivity contribution in [2.24, 2.45) is 11.0 Å². The van der Waals surface area contributed by atoms with E-state index < -0.39 is 5.54 Å². The van der Waals surface area contributed by atoms with Crippen LogP contribution in [-0.2, 0) is 0 Å². The molecule has 5 heteroatoms. The van der Waals surface area contributed by atoms with Crippen LogP contribution in [0.4, 0.5) is 0 Å². The standard InChI is InChI=1S/C9H17N5/c1-8(2)6-9(3,7-10)12-4-5-13-14-11/h8,12H,4-6H2,1-3H3. The molecule has 5 nitrogen and oxygen atoms in total. The Kier molecular flexibility index (Phi) is 5.70. The van der Waals surface area contributed by atoms with Gasteiger partial charge in [0.1, 0.15) is 5.54 Å². The fourth-order valence-corrected chi connectivity index (χ4v) is 1.40. The summed E-state index contributed by atoms with van der Waals surface area (Å²) >= 11 is 0. The Labute approximate surface area is 84.7 Å². The molecule has 1 N–H and O–H groups in total. The molecule has 0 saturated heterocycles. The van der Waals surface area contributed by atoms with Crippen LogP contribution in [-0.4, -0.2) is 18.6 Å². The van der Waals surface area contributed by atoms with Gasteiger partial charge in [0.05, 0.1) is 6.07 Å². The van der Waals surface area contributed by atoms with Gasteiger partial charge in [0, 0.05) is 18.0 Å². The third-order valence-electron chi connectivity index (χ3n) is 1.85. The highest BCUT2D eigenvalue weighted by atomic mass is 15.1. The van der Waals surface area contributed by atoms with Gasteiger partial charge in [-0.3, -0.25) is 5.32 Å². The van der Waals surface area contributed by atoms with E-state index in [1.165, 1.54) is 0 Å². The van der Waals surface area contributed by atoms with E-state index in [1.54, 1.807) is 0 Å². The van der Waals surface area contributed by atoms with E-state index in [0.717, 1.165) is 6.42 Å². The van der Waals surface area contributed by atoms with Crippen LogP contribution in [0, 0.1) is 17.2 Å². The molecule has 0 fully saturated rings. The van der Waals surface area contributed by atoms with E-state index in [4.69, 9.17) is 10.8 Å². The van der Waals surface area contributed by atoms with E-state index in [9.17, 15) is 0 Å². The van der Waals surface area contributed by atoms with Crippen LogP contribution < -0.4 is 5.32 Å². The molecule has 0 aromatic rings. The number of azide groups is 1. The van der Waals surface area contributed by atoms with Crippen LogP contribution in [0.15, 0.2) is 5.11 Å². The molecule has 0 saturated carbocycles. The number of rotatable bonds is 6. The molecular formula is C9H17N5. The summed E-state index contributed by atoms with van der Waals surface area (Å²) in [4.78, 5) is 2.64. The van der Waals surface area contributed by atoms with Crippen molar-refractivity contribution in [3.8, 4) is 6.07 Å². The van der Waals surface area contributed by atoms with E-state index in [2.05, 4.69) is 35.3 Å². The molecule has 78 valence electrons. The van der Waals surface area contributed by atoms with Crippen molar-refractivity contribution >= 4 is 0 Å². The Bertz CT molecular complexity index is 248. The lowest BCUT2D eigenvalue weighted by atomic mass is 9.92. The van der Waals surface area contributed by atoms with Crippen LogP contribution >= 0.6 is 0 Å². The maximum Gasteiger partial charge on any atom is 0.104 e. The number of nitriles is 1. The smallest absolute Gasteiger partial charge is 0.104 e. The van der Waals surface area contributed by atoms with E-state index in [-0.39, 0.29) is 0 Å². The highest BCUT2D eigenvalue weighted by molar-refractivity contribution is 5.04. The Hall–Kier alpha value is -1.24. The molecule has 0 radical (unpaired) electrons. The molecule has 0 amide bonds. The first-order chi connectivity index (χ1) is 6.54. The van der Waals surface area contributed by atoms with Gasteiger partial charge in [0.2, 0.25) is 0 Å². The first kappa shape index (κ1) is 12.8. The number of hydrogen-bond donors (Lipinski definition) is 1. The van der Waals surface area contributed by atoms with Crippen LogP contribution in [0.5, 0.6) is 0 Å². The van der Waals surface area contributed by atoms with Crippen LogP contribution in [0.25, 0.3) is 10.4 Å². The van der Waals surface area contributed by atoms with Crippen LogP contribution in [0.1, 0.15) is 27.2 Å². The zero-order valence-electron chi connectivity index (χ0n) is 8.99. The van der Waals surface area contributed by atoms with Gasteiger partial charge in [-0.2, -0.15) is 5.26 Å². The second-order valence-corrected chi connectivity index (χ2v) is 3.92. The van der Waals surface area contributed by atoms with Crippen molar-refractivity contribution in [3.63, 3.8) is 0 Å². The molecule has 0 aliphatic heterocycles. The maximum absolute atomic E-state index is 8.97. The monoisotopic (exact) mass is 195 g/mol. The molecule has 0 aromatic carbocycles. The van der Waals surface area contributed by atoms with E-state index in [0.29, 0.717) is 19.0 Å². The molecule has 0 spiro atoms. The molecule has 0 heterocycles. The van der Waals surface area contributed by atoms with Gasteiger partial charge in [-0.05, 0) is 24.8 Å². The average molecular weight is 195 g/mol. The summed E-state index contributed by atoms with van der Waals surface area (Å²) in [5.74, 6) is 0.464. The Morgan fingerprint density at radius 2 is 2.29 bits per heavy atom. The van der Waals surface area contributed by atoms with Gasteiger partial charge in [0.25, 0.3) is 0 Å². The molecule has 0 aromatic heterocycles. The number of nitrogens with one attached hydrogen (secondary N) is 1. The summed E-state index contributed by atoms with van der Waals surface area (Å²) < 4.78 is 0. The first-order valence-corrected chi connectivity index (χ1v) is 4.71. The molecule has 1 atom stereocenters. The molecule has 0 rings (SSSR count). The quantitative estimate of drug-likeness (QED) is 0.305. The fourth-order valence-electron chi connectivity index (χ4n) is 1.40. The molecule has 0 aliphatic rings. The average Bonchev–Trinajstić information content (AvgIpc) is 2.11. The van der Waals surface area contributed by atoms with Crippen molar-refractivity contribution in [1.82, 2.24) is 5.32 Å². The highest BCUT2D eigenvalue weighted by Crippen LogP contribution is 2.14. The third-order valence-corrected chi connectivity index (χ3v) is 1.85. The Morgan fingerprint density at radius 1 is 1.64 bits per heavy atom. The van der Waals surface area contributed by atoms with Crippen molar-refractivity contribution in [3.05, 3.63) is 10.4 Å². The minimum Gasteiger partial charge on any atom is -0.299 e. The second kappa shape index (κ2) is 6.25. The van der Waals surface area contributed by atoms with E-state index in [1.807, 2.05) is 6.92 Å². The van der Waals surface area contributed by atoms with Gasteiger partial charge in [-0.25, -0.2) is 0 Å². The zero-order valence-corrected chi connectivity index (χ0v) is 8.99. The summed E-state index contributed by atoms with van der Waals surface area (Å²) in [6.07, 6.45) is 0.791. The second-order valence-electron chi connectivity index (χ2n) is 3.92. The lowest BCUT2D eigenvalue weighted by molar-refractivity contribution is 0.368. The molecule has 1 unspecified atom stereocenters. The van der Waals surface area contributed by atoms with E-state index >= 15 is 0 Å². The molecule has 14 heavy (non-hydrogen) atoms. The van der Waals surface area contributed by atoms with Crippen LogP contribution in [0.3, 0.4) is 0 Å². The number of hydrogen-bond acceptors (Lipinski definition) is 3. The Balaban J connectivity index is 4.00. The lowest BCUT2D eigenvalue weighted by Gasteiger charge is -2.24. The summed E-state index contributed by atoms with van der Waals surface area (Å²) in [6.45, 7) is 6.94. The van der Waals surface area contributed by atoms with Gasteiger partial charge in [-0.15, -0.1) is 0 Å². The van der Waals surface area contributed by atoms with Crippen molar-refractivity contribution < 1.29 is 0 Å². The molecule has 0 aliphatic carbocycles. The summed E-state index contributed by atoms with van der Waals surface area (Å²) in [6, 6.07) is 2.24. The van der Waals surface area contributed by atoms with Gasteiger partial charge in [0.15, 0.2) is 0 Å². The largest absolute Gasteiger partial charge is 0.299 e. The van der Waals surface area contributed by atoms with Gasteiger partial charge in [-0.1, -0.05) is 19.0 Å². The summed E-state index contributed by atoms with van der Waals surface area (Å²) in [5, 5.41) is 15.5. The van der Waals surface area contributed by atoms with Gasteiger partial charge >= 0.3 is 0 Å². The highest BCUT2D eigenvalue weighted by Gasteiger charge is 2.23. The van der Waals surface area contributed by atoms with Crippen molar-refractivity contribution in [2.45, 2.75) is 32.7 Å². The lowest BCUT2D eigenvalue weighted by Crippen LogP contribution is -2.43. The molecular weight excluding hydrogens is 178 g/mol. The Morgan fingerprint density at radius 3 is 2.71 bits per heavy atom. The number of nitrogens with zero attached hydrogens (tertiary/aromatic N) is 4. The predicted molar refractivity (Wildman–Crippen MR) is 55.5 cm³/mol. The topological polar surface area (TPSA) is 84.6 Å². The third kappa shape index (κ3) is 5.41. The zero-order chi connectivity index (χ0) is 11.0. The molecule has 0 bridgehead atoms. The first-order valence-electron chi connectivity index (χ1n) is 4.71. The normalized spacial score (nSPS) is 14.2. The van der Waals surface area contributed by atoms with Crippen molar-refractivity contribution in [1.29, 1.82) is 5.26 Å². The summed E-state index contributed by atoms with van der Waals surface area (Å²) in [7, 11) is 0. The van der Waals surface area contributed by atoms with Crippen LogP contribution in [0.2, 0.25) is 0 Å². The minimum absolute atomic E-state index is 0.381. The maximum atomic E-state index is 8.97. The van der Waals surface area contributed by atoms with Gasteiger partial charge < -0.3 is 0 Å². The fraction of sp³-hybridized carbons (Fsp3) is 0.889. The predicted octanol–water partition coefficient (Wildman–Crippen LogP) is 2.21. The summed E-state index contributed by atoms with van der Waals surface area (Å²) in [5.41, 5.74) is 7.55. The van der Waals surface area contributed by atoms with Crippen molar-refractivity contribution in [2.75, 3.05) is 13.1 Å². The minimum atomic E-state index is -0.515. The SMILES string of the molecule is CC(C)CC(C)(C#N)NCCN=[N+]=[N-].